The van der Waals surface area contributed by atoms with E-state index in [0.29, 0.717) is 19.0 Å². The van der Waals surface area contributed by atoms with Crippen molar-refractivity contribution in [2.24, 2.45) is 4.99 Å². The summed E-state index contributed by atoms with van der Waals surface area (Å²) < 4.78 is 5.81. The third kappa shape index (κ3) is 7.50. The van der Waals surface area contributed by atoms with E-state index in [0.717, 1.165) is 18.3 Å². The van der Waals surface area contributed by atoms with Crippen LogP contribution in [0.5, 0.6) is 0 Å². The van der Waals surface area contributed by atoms with E-state index >= 15 is 0 Å². The minimum absolute atomic E-state index is 0. The first-order valence-electron chi connectivity index (χ1n) is 8.91. The van der Waals surface area contributed by atoms with Gasteiger partial charge >= 0.3 is 0 Å². The molecule has 0 spiro atoms. The molecule has 2 N–H and O–H groups in total. The molecule has 6 nitrogen and oxygen atoms in total. The Labute approximate surface area is 179 Å². The number of benzene rings is 1. The van der Waals surface area contributed by atoms with Crippen LogP contribution in [0.2, 0.25) is 0 Å². The van der Waals surface area contributed by atoms with Crippen LogP contribution in [-0.4, -0.2) is 37.0 Å². The highest BCUT2D eigenvalue weighted by atomic mass is 127. The zero-order valence-corrected chi connectivity index (χ0v) is 19.5. The zero-order valence-electron chi connectivity index (χ0n) is 17.2. The monoisotopic (exact) mass is 485 g/mol. The molecule has 0 radical (unpaired) electrons. The first-order chi connectivity index (χ1) is 12.3. The van der Waals surface area contributed by atoms with E-state index in [1.165, 1.54) is 11.1 Å². The van der Waals surface area contributed by atoms with Crippen LogP contribution in [0.15, 0.2) is 39.9 Å². The van der Waals surface area contributed by atoms with Crippen LogP contribution in [0.1, 0.15) is 43.5 Å². The fraction of sp³-hybridized carbons (Fsp3) is 0.500. The van der Waals surface area contributed by atoms with Crippen LogP contribution >= 0.6 is 24.0 Å². The van der Waals surface area contributed by atoms with Gasteiger partial charge in [-0.05, 0) is 25.2 Å². The molecular weight excluding hydrogens is 453 g/mol. The van der Waals surface area contributed by atoms with Crippen molar-refractivity contribution in [2.75, 3.05) is 21.1 Å². The molecule has 1 heterocycles. The number of hydrogen-bond donors (Lipinski definition) is 2. The molecule has 1 aromatic carbocycles. The lowest BCUT2D eigenvalue weighted by molar-refractivity contribution is 0.379. The van der Waals surface area contributed by atoms with Crippen LogP contribution in [0.3, 0.4) is 0 Å². The highest BCUT2D eigenvalue weighted by Gasteiger charge is 2.19. The second kappa shape index (κ2) is 10.7. The predicted octanol–water partition coefficient (Wildman–Crippen LogP) is 3.52. The quantitative estimate of drug-likeness (QED) is 0.373. The summed E-state index contributed by atoms with van der Waals surface area (Å²) in [6.45, 7) is 8.44. The number of guanidine groups is 1. The molecule has 0 aliphatic heterocycles. The van der Waals surface area contributed by atoms with Crippen molar-refractivity contribution >= 4 is 29.9 Å². The Kier molecular flexibility index (Phi) is 9.25. The standard InChI is InChI=1S/C20H31N5O.HI/c1-20(2,3)17-12-22-18(26-17)13-24-19(21-4)23-11-15-9-7-8-10-16(15)14-25(5)6;/h7-10,12H,11,13-14H2,1-6H3,(H2,21,23,24);1H. The predicted molar refractivity (Wildman–Crippen MR) is 121 cm³/mol. The molecule has 0 fully saturated rings. The SMILES string of the molecule is CN=C(NCc1ncc(C(C)(C)C)o1)NCc1ccccc1CN(C)C.I. The highest BCUT2D eigenvalue weighted by Crippen LogP contribution is 2.22. The van der Waals surface area contributed by atoms with Gasteiger partial charge in [0.05, 0.1) is 12.7 Å². The molecule has 150 valence electrons. The average Bonchev–Trinajstić information content (AvgIpc) is 3.05. The Morgan fingerprint density at radius 2 is 1.74 bits per heavy atom. The second-order valence-corrected chi connectivity index (χ2v) is 7.65. The molecule has 0 saturated carbocycles. The summed E-state index contributed by atoms with van der Waals surface area (Å²) in [4.78, 5) is 10.8. The highest BCUT2D eigenvalue weighted by molar-refractivity contribution is 14.0. The van der Waals surface area contributed by atoms with E-state index in [1.807, 2.05) is 0 Å². The van der Waals surface area contributed by atoms with E-state index in [1.54, 1.807) is 13.2 Å². The largest absolute Gasteiger partial charge is 0.443 e. The number of rotatable bonds is 6. The number of nitrogens with one attached hydrogen (secondary N) is 2. The molecule has 0 amide bonds. The number of halogens is 1. The van der Waals surface area contributed by atoms with Gasteiger partial charge in [0.2, 0.25) is 5.89 Å². The van der Waals surface area contributed by atoms with E-state index in [2.05, 4.69) is 84.6 Å². The molecular formula is C20H32IN5O. The molecule has 7 heteroatoms. The third-order valence-electron chi connectivity index (χ3n) is 3.97. The molecule has 2 rings (SSSR count). The van der Waals surface area contributed by atoms with E-state index in [4.69, 9.17) is 4.42 Å². The summed E-state index contributed by atoms with van der Waals surface area (Å²) in [5.41, 5.74) is 2.53. The first kappa shape index (κ1) is 23.4. The molecule has 0 atom stereocenters. The number of nitrogens with zero attached hydrogens (tertiary/aromatic N) is 3. The topological polar surface area (TPSA) is 65.7 Å². The van der Waals surface area contributed by atoms with E-state index < -0.39 is 0 Å². The maximum absolute atomic E-state index is 5.81. The maximum Gasteiger partial charge on any atom is 0.213 e. The number of aromatic nitrogens is 1. The Balaban J connectivity index is 0.00000364. The summed E-state index contributed by atoms with van der Waals surface area (Å²) >= 11 is 0. The van der Waals surface area contributed by atoms with Crippen molar-refractivity contribution in [2.45, 2.75) is 45.8 Å². The average molecular weight is 485 g/mol. The molecule has 0 aliphatic rings. The van der Waals surface area contributed by atoms with Gasteiger partial charge < -0.3 is 20.0 Å². The van der Waals surface area contributed by atoms with Crippen molar-refractivity contribution in [1.82, 2.24) is 20.5 Å². The van der Waals surface area contributed by atoms with E-state index in [-0.39, 0.29) is 29.4 Å². The molecule has 0 aliphatic carbocycles. The Morgan fingerprint density at radius 3 is 2.30 bits per heavy atom. The van der Waals surface area contributed by atoms with Crippen molar-refractivity contribution in [1.29, 1.82) is 0 Å². The van der Waals surface area contributed by atoms with Crippen molar-refractivity contribution in [3.05, 3.63) is 53.2 Å². The molecule has 0 unspecified atom stereocenters. The van der Waals surface area contributed by atoms with Crippen LogP contribution < -0.4 is 10.6 Å². The van der Waals surface area contributed by atoms with Gasteiger partial charge in [0.25, 0.3) is 0 Å². The van der Waals surface area contributed by atoms with Crippen LogP contribution in [0.25, 0.3) is 0 Å². The molecule has 0 bridgehead atoms. The second-order valence-electron chi connectivity index (χ2n) is 7.65. The van der Waals surface area contributed by atoms with Crippen molar-refractivity contribution in [3.63, 3.8) is 0 Å². The molecule has 1 aromatic heterocycles. The van der Waals surface area contributed by atoms with Crippen LogP contribution in [-0.2, 0) is 25.0 Å². The number of hydrogen-bond acceptors (Lipinski definition) is 4. The van der Waals surface area contributed by atoms with Gasteiger partial charge in [0.1, 0.15) is 5.76 Å². The smallest absolute Gasteiger partial charge is 0.213 e. The first-order valence-corrected chi connectivity index (χ1v) is 8.91. The molecule has 2 aromatic rings. The lowest BCUT2D eigenvalue weighted by atomic mass is 9.94. The van der Waals surface area contributed by atoms with Crippen molar-refractivity contribution in [3.8, 4) is 0 Å². The van der Waals surface area contributed by atoms with Gasteiger partial charge in [0.15, 0.2) is 5.96 Å². The maximum atomic E-state index is 5.81. The summed E-state index contributed by atoms with van der Waals surface area (Å²) in [6.07, 6.45) is 1.80. The van der Waals surface area contributed by atoms with Crippen LogP contribution in [0.4, 0.5) is 0 Å². The number of aliphatic imine (C=N–C) groups is 1. The summed E-state index contributed by atoms with van der Waals surface area (Å²) in [6, 6.07) is 8.44. The fourth-order valence-corrected chi connectivity index (χ4v) is 2.52. The fourth-order valence-electron chi connectivity index (χ4n) is 2.52. The van der Waals surface area contributed by atoms with Gasteiger partial charge in [-0.25, -0.2) is 4.98 Å². The summed E-state index contributed by atoms with van der Waals surface area (Å²) in [5.74, 6) is 2.26. The van der Waals surface area contributed by atoms with Gasteiger partial charge in [0, 0.05) is 25.6 Å². The van der Waals surface area contributed by atoms with Gasteiger partial charge in [-0.15, -0.1) is 24.0 Å². The zero-order chi connectivity index (χ0) is 19.2. The molecule has 0 saturated heterocycles. The van der Waals surface area contributed by atoms with Gasteiger partial charge in [-0.1, -0.05) is 45.0 Å². The van der Waals surface area contributed by atoms with Gasteiger partial charge in [-0.3, -0.25) is 4.99 Å². The lowest BCUT2D eigenvalue weighted by Gasteiger charge is -2.16. The lowest BCUT2D eigenvalue weighted by Crippen LogP contribution is -2.36. The summed E-state index contributed by atoms with van der Waals surface area (Å²) in [7, 11) is 5.91. The third-order valence-corrected chi connectivity index (χ3v) is 3.97. The Bertz CT molecular complexity index is 734. The minimum Gasteiger partial charge on any atom is -0.443 e. The van der Waals surface area contributed by atoms with Crippen molar-refractivity contribution < 1.29 is 4.42 Å². The Morgan fingerprint density at radius 1 is 1.11 bits per heavy atom. The molecule has 27 heavy (non-hydrogen) atoms. The number of oxazole rings is 1. The van der Waals surface area contributed by atoms with Crippen LogP contribution in [0, 0.1) is 0 Å². The minimum atomic E-state index is -0.0404. The normalized spacial score (nSPS) is 12.0. The van der Waals surface area contributed by atoms with E-state index in [9.17, 15) is 0 Å². The summed E-state index contributed by atoms with van der Waals surface area (Å²) in [5, 5.41) is 6.61. The van der Waals surface area contributed by atoms with Gasteiger partial charge in [-0.2, -0.15) is 0 Å². The Hall–Kier alpha value is -1.61.